The predicted octanol–water partition coefficient (Wildman–Crippen LogP) is 4.04. The molecule has 0 saturated carbocycles. The lowest BCUT2D eigenvalue weighted by Gasteiger charge is -2.10. The monoisotopic (exact) mass is 334 g/mol. The largest absolute Gasteiger partial charge is 0.496 e. The molecule has 126 valence electrons. The summed E-state index contributed by atoms with van der Waals surface area (Å²) in [5.74, 6) is -0.258. The number of hydrogen-bond donors (Lipinski definition) is 1. The molecule has 3 rings (SSSR count). The number of benzene rings is 2. The molecule has 0 fully saturated rings. The van der Waals surface area contributed by atoms with Gasteiger partial charge in [-0.15, -0.1) is 0 Å². The highest BCUT2D eigenvalue weighted by Crippen LogP contribution is 2.33. The smallest absolute Gasteiger partial charge is 0.328 e. The molecule has 0 amide bonds. The average molecular weight is 334 g/mol. The molecule has 25 heavy (non-hydrogen) atoms. The molecule has 2 aromatic carbocycles. The third kappa shape index (κ3) is 3.61. The van der Waals surface area contributed by atoms with E-state index in [-0.39, 0.29) is 0 Å². The number of rotatable bonds is 5. The van der Waals surface area contributed by atoms with Gasteiger partial charge in [0.2, 0.25) is 0 Å². The van der Waals surface area contributed by atoms with Crippen LogP contribution in [0, 0.1) is 0 Å². The van der Waals surface area contributed by atoms with Crippen molar-refractivity contribution in [1.29, 1.82) is 0 Å². The van der Waals surface area contributed by atoms with Gasteiger partial charge in [0.05, 0.1) is 19.0 Å². The number of aliphatic carboxylic acids is 1. The summed E-state index contributed by atoms with van der Waals surface area (Å²) in [6, 6.07) is 15.4. The fourth-order valence-corrected chi connectivity index (χ4v) is 2.63. The minimum absolute atomic E-state index is 0.673. The van der Waals surface area contributed by atoms with Gasteiger partial charge in [0.25, 0.3) is 0 Å². The zero-order valence-electron chi connectivity index (χ0n) is 14.0. The maximum atomic E-state index is 10.9. The quantitative estimate of drug-likeness (QED) is 0.715. The Kier molecular flexibility index (Phi) is 4.66. The first-order valence-electron chi connectivity index (χ1n) is 7.78. The van der Waals surface area contributed by atoms with Crippen molar-refractivity contribution in [2.24, 2.45) is 0 Å². The van der Waals surface area contributed by atoms with Gasteiger partial charge in [-0.1, -0.05) is 24.3 Å². The first kappa shape index (κ1) is 16.5. The standard InChI is InChI=1S/C20H18N2O3/c1-14(10-20(23)24)15-8-9-19(25-2)18(11-15)16-12-21-22(13-16)17-6-4-3-5-7-17/h3-13H,1-2H3,(H,23,24)/b14-10+. The number of aromatic nitrogens is 2. The second-order valence-corrected chi connectivity index (χ2v) is 5.59. The van der Waals surface area contributed by atoms with Gasteiger partial charge in [-0.25, -0.2) is 9.48 Å². The molecule has 0 atom stereocenters. The number of ether oxygens (including phenoxy) is 1. The van der Waals surface area contributed by atoms with Gasteiger partial charge in [0.15, 0.2) is 0 Å². The molecule has 1 heterocycles. The van der Waals surface area contributed by atoms with Crippen LogP contribution < -0.4 is 4.74 Å². The Balaban J connectivity index is 2.04. The average Bonchev–Trinajstić information content (AvgIpc) is 3.11. The number of carboxylic acid groups (broad SMARTS) is 1. The molecule has 1 N–H and O–H groups in total. The maximum Gasteiger partial charge on any atom is 0.328 e. The third-order valence-electron chi connectivity index (χ3n) is 3.91. The van der Waals surface area contributed by atoms with E-state index < -0.39 is 5.97 Å². The second kappa shape index (κ2) is 7.05. The molecule has 0 saturated heterocycles. The van der Waals surface area contributed by atoms with E-state index in [2.05, 4.69) is 5.10 Å². The van der Waals surface area contributed by atoms with Gasteiger partial charge < -0.3 is 9.84 Å². The van der Waals surface area contributed by atoms with E-state index in [4.69, 9.17) is 9.84 Å². The van der Waals surface area contributed by atoms with Gasteiger partial charge in [-0.3, -0.25) is 0 Å². The van der Waals surface area contributed by atoms with E-state index >= 15 is 0 Å². The fourth-order valence-electron chi connectivity index (χ4n) is 2.63. The summed E-state index contributed by atoms with van der Waals surface area (Å²) >= 11 is 0. The Hall–Kier alpha value is -3.34. The van der Waals surface area contributed by atoms with Crippen LogP contribution in [-0.4, -0.2) is 28.0 Å². The van der Waals surface area contributed by atoms with Crippen molar-refractivity contribution < 1.29 is 14.6 Å². The lowest BCUT2D eigenvalue weighted by Crippen LogP contribution is -1.93. The van der Waals surface area contributed by atoms with Crippen molar-refractivity contribution in [3.8, 4) is 22.6 Å². The molecule has 0 spiro atoms. The van der Waals surface area contributed by atoms with Crippen molar-refractivity contribution in [2.75, 3.05) is 7.11 Å². The number of nitrogens with zero attached hydrogens (tertiary/aromatic N) is 2. The van der Waals surface area contributed by atoms with Crippen LogP contribution in [0.15, 0.2) is 67.0 Å². The van der Waals surface area contributed by atoms with Crippen molar-refractivity contribution in [1.82, 2.24) is 9.78 Å². The van der Waals surface area contributed by atoms with Crippen LogP contribution in [0.25, 0.3) is 22.4 Å². The van der Waals surface area contributed by atoms with Gasteiger partial charge in [-0.2, -0.15) is 5.10 Å². The van der Waals surface area contributed by atoms with Crippen LogP contribution in [-0.2, 0) is 4.79 Å². The molecule has 0 radical (unpaired) electrons. The Bertz CT molecular complexity index is 927. The molecular weight excluding hydrogens is 316 g/mol. The summed E-state index contributed by atoms with van der Waals surface area (Å²) in [6.45, 7) is 1.77. The Morgan fingerprint density at radius 1 is 1.20 bits per heavy atom. The van der Waals surface area contributed by atoms with E-state index in [0.29, 0.717) is 11.3 Å². The number of methoxy groups -OCH3 is 1. The van der Waals surface area contributed by atoms with Gasteiger partial charge in [0.1, 0.15) is 5.75 Å². The summed E-state index contributed by atoms with van der Waals surface area (Å²) < 4.78 is 7.25. The topological polar surface area (TPSA) is 64.3 Å². The summed E-state index contributed by atoms with van der Waals surface area (Å²) in [4.78, 5) is 10.9. The molecule has 0 bridgehead atoms. The molecule has 5 heteroatoms. The first-order valence-corrected chi connectivity index (χ1v) is 7.78. The molecule has 0 aliphatic carbocycles. The minimum atomic E-state index is -0.966. The molecule has 3 aromatic rings. The van der Waals surface area contributed by atoms with E-state index in [9.17, 15) is 4.79 Å². The van der Waals surface area contributed by atoms with Crippen molar-refractivity contribution in [3.05, 3.63) is 72.6 Å². The third-order valence-corrected chi connectivity index (χ3v) is 3.91. The number of allylic oxidation sites excluding steroid dienone is 1. The van der Waals surface area contributed by atoms with Crippen molar-refractivity contribution in [2.45, 2.75) is 6.92 Å². The number of para-hydroxylation sites is 1. The van der Waals surface area contributed by atoms with E-state index in [0.717, 1.165) is 22.4 Å². The maximum absolute atomic E-state index is 10.9. The Morgan fingerprint density at radius 3 is 2.64 bits per heavy atom. The first-order chi connectivity index (χ1) is 12.1. The highest BCUT2D eigenvalue weighted by Gasteiger charge is 2.11. The number of carbonyl (C=O) groups is 1. The van der Waals surface area contributed by atoms with E-state index in [1.165, 1.54) is 6.08 Å². The van der Waals surface area contributed by atoms with Crippen molar-refractivity contribution >= 4 is 11.5 Å². The fraction of sp³-hybridized carbons (Fsp3) is 0.100. The lowest BCUT2D eigenvalue weighted by atomic mass is 10.0. The molecule has 0 aliphatic heterocycles. The van der Waals surface area contributed by atoms with Gasteiger partial charge >= 0.3 is 5.97 Å². The highest BCUT2D eigenvalue weighted by molar-refractivity contribution is 5.90. The lowest BCUT2D eigenvalue weighted by molar-refractivity contribution is -0.131. The minimum Gasteiger partial charge on any atom is -0.496 e. The summed E-state index contributed by atoms with van der Waals surface area (Å²) in [6.07, 6.45) is 4.89. The molecule has 1 aromatic heterocycles. The zero-order valence-corrected chi connectivity index (χ0v) is 14.0. The van der Waals surface area contributed by atoms with E-state index in [1.807, 2.05) is 54.7 Å². The number of carboxylic acids is 1. The van der Waals surface area contributed by atoms with Crippen LogP contribution in [0.1, 0.15) is 12.5 Å². The van der Waals surface area contributed by atoms with Crippen LogP contribution >= 0.6 is 0 Å². The van der Waals surface area contributed by atoms with Crippen LogP contribution in [0.2, 0.25) is 0 Å². The number of hydrogen-bond acceptors (Lipinski definition) is 3. The molecule has 0 aliphatic rings. The normalized spacial score (nSPS) is 11.4. The zero-order chi connectivity index (χ0) is 17.8. The second-order valence-electron chi connectivity index (χ2n) is 5.59. The molecule has 0 unspecified atom stereocenters. The van der Waals surface area contributed by atoms with Gasteiger partial charge in [-0.05, 0) is 42.3 Å². The van der Waals surface area contributed by atoms with Crippen LogP contribution in [0.5, 0.6) is 5.75 Å². The Morgan fingerprint density at radius 2 is 1.96 bits per heavy atom. The van der Waals surface area contributed by atoms with Crippen LogP contribution in [0.3, 0.4) is 0 Å². The summed E-state index contributed by atoms with van der Waals surface area (Å²) in [7, 11) is 1.61. The van der Waals surface area contributed by atoms with E-state index in [1.54, 1.807) is 24.9 Å². The Labute approximate surface area is 145 Å². The predicted molar refractivity (Wildman–Crippen MR) is 96.8 cm³/mol. The summed E-state index contributed by atoms with van der Waals surface area (Å²) in [5.41, 5.74) is 4.22. The molecular formula is C20H18N2O3. The summed E-state index contributed by atoms with van der Waals surface area (Å²) in [5, 5.41) is 13.4. The SMILES string of the molecule is COc1ccc(/C(C)=C/C(=O)O)cc1-c1cnn(-c2ccccc2)c1. The molecule has 5 nitrogen and oxygen atoms in total. The van der Waals surface area contributed by atoms with Gasteiger partial charge in [0, 0.05) is 23.4 Å². The highest BCUT2D eigenvalue weighted by atomic mass is 16.5. The van der Waals surface area contributed by atoms with Crippen molar-refractivity contribution in [3.63, 3.8) is 0 Å². The van der Waals surface area contributed by atoms with Crippen LogP contribution in [0.4, 0.5) is 0 Å².